The minimum atomic E-state index is -0.643. The number of phenolic OH excluding ortho intramolecular Hbond substituents is 1. The fourth-order valence-electron chi connectivity index (χ4n) is 2.47. The van der Waals surface area contributed by atoms with Crippen LogP contribution < -0.4 is 10.6 Å². The summed E-state index contributed by atoms with van der Waals surface area (Å²) in [7, 11) is 0. The maximum absolute atomic E-state index is 13.4. The zero-order chi connectivity index (χ0) is 18.2. The summed E-state index contributed by atoms with van der Waals surface area (Å²) < 4.78 is 18.8. The van der Waals surface area contributed by atoms with E-state index in [2.05, 4.69) is 20.8 Å². The third-order valence-corrected chi connectivity index (χ3v) is 3.82. The van der Waals surface area contributed by atoms with Crippen LogP contribution in [0.4, 0.5) is 4.39 Å². The highest BCUT2D eigenvalue weighted by Crippen LogP contribution is 2.17. The maximum Gasteiger partial charge on any atom is 0.191 e. The maximum atomic E-state index is 13.4. The van der Waals surface area contributed by atoms with Crippen LogP contribution in [0.3, 0.4) is 0 Å². The fraction of sp³-hybridized carbons (Fsp3) is 0.444. The molecule has 144 valence electrons. The number of rotatable bonds is 7. The number of nitrogens with one attached hydrogen (secondary N) is 2. The zero-order valence-electron chi connectivity index (χ0n) is 15.3. The molecule has 8 heteroatoms. The van der Waals surface area contributed by atoms with Gasteiger partial charge < -0.3 is 20.3 Å². The lowest BCUT2D eigenvalue weighted by Gasteiger charge is -2.12. The Balaban J connectivity index is 0.00000338. The van der Waals surface area contributed by atoms with E-state index in [1.165, 1.54) is 12.1 Å². The van der Waals surface area contributed by atoms with Crippen LogP contribution in [0.2, 0.25) is 0 Å². The molecule has 0 atom stereocenters. The Morgan fingerprint density at radius 1 is 1.23 bits per heavy atom. The van der Waals surface area contributed by atoms with Gasteiger partial charge in [-0.2, -0.15) is 0 Å². The molecule has 26 heavy (non-hydrogen) atoms. The first-order valence-electron chi connectivity index (χ1n) is 8.54. The van der Waals surface area contributed by atoms with Crippen LogP contribution in [-0.2, 0) is 25.9 Å². The summed E-state index contributed by atoms with van der Waals surface area (Å²) in [6, 6.07) is 4.27. The highest BCUT2D eigenvalue weighted by Gasteiger charge is 2.13. The molecule has 2 rings (SSSR count). The van der Waals surface area contributed by atoms with Crippen molar-refractivity contribution in [1.82, 2.24) is 15.8 Å². The Morgan fingerprint density at radius 2 is 2.00 bits per heavy atom. The van der Waals surface area contributed by atoms with Crippen molar-refractivity contribution < 1.29 is 14.0 Å². The molecular formula is C18H26FIN4O2. The van der Waals surface area contributed by atoms with Crippen molar-refractivity contribution in [3.63, 3.8) is 0 Å². The Morgan fingerprint density at radius 3 is 2.62 bits per heavy atom. The van der Waals surface area contributed by atoms with Gasteiger partial charge in [0.15, 0.2) is 17.5 Å². The molecule has 1 heterocycles. The Labute approximate surface area is 170 Å². The van der Waals surface area contributed by atoms with Crippen LogP contribution in [0.1, 0.15) is 43.4 Å². The van der Waals surface area contributed by atoms with Crippen LogP contribution >= 0.6 is 24.0 Å². The monoisotopic (exact) mass is 476 g/mol. The molecule has 0 saturated carbocycles. The molecule has 6 nitrogen and oxygen atoms in total. The Kier molecular flexibility index (Phi) is 9.39. The molecule has 0 unspecified atom stereocenters. The van der Waals surface area contributed by atoms with E-state index in [9.17, 15) is 9.50 Å². The van der Waals surface area contributed by atoms with E-state index >= 15 is 0 Å². The van der Waals surface area contributed by atoms with Crippen LogP contribution in [0.5, 0.6) is 5.75 Å². The number of phenols is 1. The van der Waals surface area contributed by atoms with Gasteiger partial charge in [0.05, 0.1) is 12.2 Å². The van der Waals surface area contributed by atoms with Crippen molar-refractivity contribution in [3.8, 4) is 5.75 Å². The summed E-state index contributed by atoms with van der Waals surface area (Å²) in [5.41, 5.74) is 2.69. The van der Waals surface area contributed by atoms with Crippen molar-refractivity contribution in [2.45, 2.75) is 46.7 Å². The molecule has 0 fully saturated rings. The first-order chi connectivity index (χ1) is 12.1. The van der Waals surface area contributed by atoms with Crippen LogP contribution in [0.15, 0.2) is 27.7 Å². The standard InChI is InChI=1S/C18H25FN4O2.HI/c1-4-15-13(17(5-2)25-23-15)11-22-18(20-6-3)21-10-12-7-8-16(24)14(19)9-12;/h7-9,24H,4-6,10-11H2,1-3H3,(H2,20,21,22);1H. The van der Waals surface area contributed by atoms with Gasteiger partial charge in [-0.1, -0.05) is 25.1 Å². The number of benzene rings is 1. The molecule has 0 radical (unpaired) electrons. The number of aliphatic imine (C=N–C) groups is 1. The predicted molar refractivity (Wildman–Crippen MR) is 110 cm³/mol. The molecule has 1 aromatic carbocycles. The van der Waals surface area contributed by atoms with Crippen LogP contribution in [0, 0.1) is 5.82 Å². The van der Waals surface area contributed by atoms with E-state index in [0.29, 0.717) is 31.2 Å². The number of halogens is 2. The van der Waals surface area contributed by atoms with Crippen LogP contribution in [0.25, 0.3) is 0 Å². The number of aromatic nitrogens is 1. The summed E-state index contributed by atoms with van der Waals surface area (Å²) in [6.07, 6.45) is 1.59. The van der Waals surface area contributed by atoms with Gasteiger partial charge in [0.25, 0.3) is 0 Å². The molecular weight excluding hydrogens is 450 g/mol. The molecule has 2 aromatic rings. The zero-order valence-corrected chi connectivity index (χ0v) is 17.6. The molecule has 0 aliphatic carbocycles. The van der Waals surface area contributed by atoms with Gasteiger partial charge in [-0.25, -0.2) is 9.38 Å². The van der Waals surface area contributed by atoms with Gasteiger partial charge in [-0.15, -0.1) is 24.0 Å². The number of aromatic hydroxyl groups is 1. The van der Waals surface area contributed by atoms with Gasteiger partial charge >= 0.3 is 0 Å². The van der Waals surface area contributed by atoms with E-state index in [1.54, 1.807) is 6.07 Å². The molecule has 0 aliphatic rings. The molecule has 0 amide bonds. The molecule has 0 aliphatic heterocycles. The number of aryl methyl sites for hydroxylation is 2. The van der Waals surface area contributed by atoms with Crippen molar-refractivity contribution >= 4 is 29.9 Å². The Hall–Kier alpha value is -1.84. The highest BCUT2D eigenvalue weighted by molar-refractivity contribution is 14.0. The average molecular weight is 476 g/mol. The highest BCUT2D eigenvalue weighted by atomic mass is 127. The summed E-state index contributed by atoms with van der Waals surface area (Å²) >= 11 is 0. The molecule has 0 saturated heterocycles. The van der Waals surface area contributed by atoms with Gasteiger partial charge in [0.2, 0.25) is 0 Å². The third kappa shape index (κ3) is 5.86. The van der Waals surface area contributed by atoms with E-state index < -0.39 is 5.82 Å². The lowest BCUT2D eigenvalue weighted by Crippen LogP contribution is -2.37. The molecule has 0 bridgehead atoms. The van der Waals surface area contributed by atoms with Crippen LogP contribution in [-0.4, -0.2) is 22.8 Å². The predicted octanol–water partition coefficient (Wildman–Crippen LogP) is 3.52. The first kappa shape index (κ1) is 22.2. The van der Waals surface area contributed by atoms with E-state index in [-0.39, 0.29) is 29.7 Å². The molecule has 3 N–H and O–H groups in total. The minimum absolute atomic E-state index is 0. The average Bonchev–Trinajstić information content (AvgIpc) is 3.02. The largest absolute Gasteiger partial charge is 0.505 e. The second-order valence-electron chi connectivity index (χ2n) is 5.57. The number of hydrogen-bond donors (Lipinski definition) is 3. The lowest BCUT2D eigenvalue weighted by molar-refractivity contribution is 0.380. The summed E-state index contributed by atoms with van der Waals surface area (Å²) in [4.78, 5) is 4.46. The molecule has 0 spiro atoms. The quantitative estimate of drug-likeness (QED) is 0.324. The van der Waals surface area contributed by atoms with E-state index in [1.807, 2.05) is 20.8 Å². The SMILES string of the molecule is CCNC(=NCc1ccc(O)c(F)c1)NCc1c(CC)noc1CC.I. The normalized spacial score (nSPS) is 11.2. The van der Waals surface area contributed by atoms with Crippen molar-refractivity contribution in [3.05, 3.63) is 46.6 Å². The van der Waals surface area contributed by atoms with Crippen molar-refractivity contribution in [2.75, 3.05) is 6.54 Å². The van der Waals surface area contributed by atoms with Crippen molar-refractivity contribution in [1.29, 1.82) is 0 Å². The number of guanidine groups is 1. The van der Waals surface area contributed by atoms with Gasteiger partial charge in [-0.3, -0.25) is 0 Å². The molecule has 1 aromatic heterocycles. The van der Waals surface area contributed by atoms with Gasteiger partial charge in [0.1, 0.15) is 5.76 Å². The van der Waals surface area contributed by atoms with E-state index in [0.717, 1.165) is 29.9 Å². The van der Waals surface area contributed by atoms with E-state index in [4.69, 9.17) is 4.52 Å². The fourth-order valence-corrected chi connectivity index (χ4v) is 2.47. The third-order valence-electron chi connectivity index (χ3n) is 3.82. The number of hydrogen-bond acceptors (Lipinski definition) is 4. The topological polar surface area (TPSA) is 82.7 Å². The summed E-state index contributed by atoms with van der Waals surface area (Å²) in [5, 5.41) is 19.8. The second-order valence-corrected chi connectivity index (χ2v) is 5.57. The summed E-state index contributed by atoms with van der Waals surface area (Å²) in [6.45, 7) is 7.62. The number of nitrogens with zero attached hydrogens (tertiary/aromatic N) is 2. The summed E-state index contributed by atoms with van der Waals surface area (Å²) in [5.74, 6) is 0.502. The van der Waals surface area contributed by atoms with Gasteiger partial charge in [-0.05, 0) is 31.0 Å². The first-order valence-corrected chi connectivity index (χ1v) is 8.54. The minimum Gasteiger partial charge on any atom is -0.505 e. The lowest BCUT2D eigenvalue weighted by atomic mass is 10.1. The second kappa shape index (κ2) is 11.0. The smallest absolute Gasteiger partial charge is 0.191 e. The van der Waals surface area contributed by atoms with Crippen molar-refractivity contribution in [2.24, 2.45) is 4.99 Å². The Bertz CT molecular complexity index is 712. The van der Waals surface area contributed by atoms with Gasteiger partial charge in [0, 0.05) is 25.1 Å².